The van der Waals surface area contributed by atoms with Crippen LogP contribution in [0.15, 0.2) is 125 Å². The third-order valence-electron chi connectivity index (χ3n) is 15.3. The molecule has 0 radical (unpaired) electrons. The van der Waals surface area contributed by atoms with Gasteiger partial charge in [0.05, 0.1) is 46.4 Å². The monoisotopic (exact) mass is 1350 g/mol. The SMILES string of the molecule is CCN1C(=CC=CC=CC2=[N+](CCCCCC(=O)NCC#Cc3ccc(C(=O)Oc4nc(N)nc5c4ncn5C4CC(O)C(COP(=O)(O)OP(=O)(O)OP(=O)(O)O)O4)c4ccccc34)c3ccc(S(=O)(=O)O)cc3C2(C)C)C(C)(C)c2cc(S(=O)(=O)O)ccc21. The number of nitrogens with two attached hydrogens (primary N) is 1. The van der Waals surface area contributed by atoms with Crippen LogP contribution >= 0.6 is 23.5 Å². The van der Waals surface area contributed by atoms with Gasteiger partial charge < -0.3 is 50.1 Å². The topological polar surface area (TPSA) is 429 Å². The third kappa shape index (κ3) is 15.5. The van der Waals surface area contributed by atoms with E-state index in [0.717, 1.165) is 28.3 Å². The second-order valence-electron chi connectivity index (χ2n) is 22.2. The number of carbonyl (C=O) groups is 2. The van der Waals surface area contributed by atoms with E-state index in [1.54, 1.807) is 42.5 Å². The van der Waals surface area contributed by atoms with Gasteiger partial charge in [0.25, 0.3) is 26.1 Å². The number of benzene rings is 4. The smallest absolute Gasteiger partial charge is 0.401 e. The number of hydrogen-bond acceptors (Lipinski definition) is 20. The first-order valence-electron chi connectivity index (χ1n) is 27.9. The predicted molar refractivity (Wildman–Crippen MR) is 329 cm³/mol. The highest BCUT2D eigenvalue weighted by Crippen LogP contribution is 2.66. The summed E-state index contributed by atoms with van der Waals surface area (Å²) >= 11 is 0. The van der Waals surface area contributed by atoms with Gasteiger partial charge in [-0.1, -0.05) is 68.2 Å². The molecule has 29 nitrogen and oxygen atoms in total. The van der Waals surface area contributed by atoms with Crippen molar-refractivity contribution in [1.82, 2.24) is 24.8 Å². The maximum absolute atomic E-state index is 13.9. The molecule has 0 aliphatic carbocycles. The van der Waals surface area contributed by atoms with Gasteiger partial charge in [-0.25, -0.2) is 23.5 Å². The maximum Gasteiger partial charge on any atom is 0.490 e. The number of allylic oxidation sites excluding steroid dienone is 6. The normalized spacial score (nSPS) is 19.8. The Balaban J connectivity index is 0.802. The molecule has 34 heteroatoms. The number of hydrogen-bond donors (Lipinski definition) is 9. The third-order valence-corrected chi connectivity index (χ3v) is 20.8. The molecule has 3 aliphatic rings. The minimum atomic E-state index is -5.80. The van der Waals surface area contributed by atoms with E-state index in [0.29, 0.717) is 54.3 Å². The van der Waals surface area contributed by atoms with Crippen LogP contribution in [0.3, 0.4) is 0 Å². The Labute approximate surface area is 521 Å². The van der Waals surface area contributed by atoms with Crippen molar-refractivity contribution in [3.05, 3.63) is 137 Å². The lowest BCUT2D eigenvalue weighted by molar-refractivity contribution is -0.438. The fourth-order valence-electron chi connectivity index (χ4n) is 11.1. The Kier molecular flexibility index (Phi) is 19.8. The zero-order valence-electron chi connectivity index (χ0n) is 49.3. The van der Waals surface area contributed by atoms with Crippen LogP contribution in [0.4, 0.5) is 17.3 Å². The molecule has 5 heterocycles. The van der Waals surface area contributed by atoms with E-state index in [-0.39, 0.29) is 63.6 Å². The minimum absolute atomic E-state index is 0.0177. The first kappa shape index (κ1) is 68.2. The van der Waals surface area contributed by atoms with Gasteiger partial charge in [-0.05, 0) is 98.5 Å². The van der Waals surface area contributed by atoms with Gasteiger partial charge in [-0.2, -0.15) is 40.0 Å². The molecule has 9 rings (SSSR count). The number of anilines is 2. The molecule has 10 N–H and O–H groups in total. The van der Waals surface area contributed by atoms with Crippen molar-refractivity contribution in [3.8, 4) is 17.7 Å². The van der Waals surface area contributed by atoms with Crippen LogP contribution in [0, 0.1) is 11.8 Å². The summed E-state index contributed by atoms with van der Waals surface area (Å²) in [4.78, 5) is 78.0. The molecular weight excluding hydrogens is 1290 g/mol. The molecule has 3 aliphatic heterocycles. The molecule has 484 valence electrons. The Hall–Kier alpha value is -7.17. The molecule has 1 fully saturated rings. The van der Waals surface area contributed by atoms with Crippen molar-refractivity contribution in [1.29, 1.82) is 0 Å². The highest BCUT2D eigenvalue weighted by Gasteiger charge is 2.46. The zero-order chi connectivity index (χ0) is 66.2. The van der Waals surface area contributed by atoms with Crippen LogP contribution in [0.5, 0.6) is 5.88 Å². The van der Waals surface area contributed by atoms with E-state index in [1.165, 1.54) is 41.2 Å². The summed E-state index contributed by atoms with van der Waals surface area (Å²) in [7, 11) is -25.9. The van der Waals surface area contributed by atoms with Crippen LogP contribution in [-0.4, -0.2) is 131 Å². The van der Waals surface area contributed by atoms with Crippen molar-refractivity contribution in [2.75, 3.05) is 36.9 Å². The van der Waals surface area contributed by atoms with E-state index < -0.39 is 85.5 Å². The van der Waals surface area contributed by atoms with Crippen LogP contribution in [0.25, 0.3) is 21.9 Å². The summed E-state index contributed by atoms with van der Waals surface area (Å²) in [5, 5.41) is 14.6. The molecule has 2 aromatic heterocycles. The van der Waals surface area contributed by atoms with Gasteiger partial charge in [0.2, 0.25) is 17.5 Å². The van der Waals surface area contributed by atoms with Crippen molar-refractivity contribution in [2.24, 2.45) is 0 Å². The number of unbranched alkanes of at least 4 members (excludes halogenated alkanes) is 2. The fourth-order valence-corrected chi connectivity index (χ4v) is 15.1. The maximum atomic E-state index is 13.9. The number of phosphoric ester groups is 1. The van der Waals surface area contributed by atoms with E-state index in [1.807, 2.05) is 65.0 Å². The lowest BCUT2D eigenvalue weighted by Crippen LogP contribution is -2.28. The van der Waals surface area contributed by atoms with Crippen molar-refractivity contribution < 1.29 is 101 Å². The Morgan fingerprint density at radius 2 is 1.55 bits per heavy atom. The van der Waals surface area contributed by atoms with E-state index in [2.05, 4.69) is 54.7 Å². The fraction of sp³-hybridized carbons (Fsp3) is 0.333. The number of carbonyl (C=O) groups excluding carboxylic acids is 2. The molecule has 91 heavy (non-hydrogen) atoms. The number of aliphatic hydroxyl groups excluding tert-OH is 1. The first-order valence-corrected chi connectivity index (χ1v) is 35.3. The van der Waals surface area contributed by atoms with E-state index in [9.17, 15) is 64.1 Å². The molecule has 0 bridgehead atoms. The van der Waals surface area contributed by atoms with E-state index in [4.69, 9.17) is 25.0 Å². The number of esters is 1. The molecular formula is C57H64N8O21P3S2+. The minimum Gasteiger partial charge on any atom is -0.401 e. The molecule has 4 aromatic carbocycles. The number of amides is 1. The number of nitrogens with one attached hydrogen (secondary N) is 1. The summed E-state index contributed by atoms with van der Waals surface area (Å²) in [5.74, 6) is 4.25. The highest BCUT2D eigenvalue weighted by molar-refractivity contribution is 7.86. The number of imidazole rings is 1. The standard InChI is InChI=1S/C57H63N8O21P3S2/c1-6-63-43-26-23-36(90(76,77)78)30-41(43)56(2,3)47(63)19-9-7-10-20-48-57(4,5)42-31-37(91(79,80)81)24-27-44(42)64(48)29-14-8-11-21-49(67)59-28-15-16-35-22-25-40(39-18-13-12-17-38(35)39)54(68)84-53-51-52(61-55(58)62-53)65(34-60-51)50-32-45(66)46(83-50)33-82-88(72,73)86-89(74,75)85-87(69,70)71/h7,9-10,12-13,17-20,22-27,30-31,34,45-46,50,66H,6,8,11,14,21,28-29,32-33H2,1-5H3,(H8-,58,59,61,62,67,69,70,71,72,73,74,75,76,77,78,79,80,81)/p+1. The summed E-state index contributed by atoms with van der Waals surface area (Å²) in [5.41, 5.74) is 10.2. The lowest BCUT2D eigenvalue weighted by Gasteiger charge is -2.25. The second-order valence-corrected chi connectivity index (χ2v) is 29.4. The number of phosphoric acid groups is 3. The molecule has 6 aromatic rings. The molecule has 1 amide bonds. The predicted octanol–water partition coefficient (Wildman–Crippen LogP) is 7.18. The quantitative estimate of drug-likeness (QED) is 0.00583. The summed E-state index contributed by atoms with van der Waals surface area (Å²) in [6.45, 7) is 10.1. The van der Waals surface area contributed by atoms with Crippen LogP contribution in [0.1, 0.15) is 100.0 Å². The highest BCUT2D eigenvalue weighted by atomic mass is 32.2. The van der Waals surface area contributed by atoms with Crippen molar-refractivity contribution in [3.63, 3.8) is 0 Å². The summed E-state index contributed by atoms with van der Waals surface area (Å²) in [6, 6.07) is 19.1. The zero-order valence-corrected chi connectivity index (χ0v) is 53.6. The Morgan fingerprint density at radius 3 is 2.24 bits per heavy atom. The summed E-state index contributed by atoms with van der Waals surface area (Å²) < 4.78 is 130. The largest absolute Gasteiger partial charge is 0.490 e. The van der Waals surface area contributed by atoms with Gasteiger partial charge in [-0.15, -0.1) is 0 Å². The average molecular weight is 1350 g/mol. The Morgan fingerprint density at radius 1 is 0.857 bits per heavy atom. The van der Waals surface area contributed by atoms with Crippen molar-refractivity contribution >= 4 is 101 Å². The lowest BCUT2D eigenvalue weighted by atomic mass is 9.81. The van der Waals surface area contributed by atoms with Crippen LogP contribution < -0.4 is 20.7 Å². The van der Waals surface area contributed by atoms with E-state index >= 15 is 0 Å². The molecule has 1 saturated heterocycles. The number of nitrogens with zero attached hydrogens (tertiary/aromatic N) is 6. The van der Waals surface area contributed by atoms with Gasteiger partial charge >= 0.3 is 29.4 Å². The molecule has 5 atom stereocenters. The number of rotatable bonds is 23. The van der Waals surface area contributed by atoms with Crippen LogP contribution in [0.2, 0.25) is 0 Å². The number of aliphatic hydroxyl groups is 1. The number of aromatic nitrogens is 4. The van der Waals surface area contributed by atoms with Gasteiger partial charge in [0.1, 0.15) is 18.9 Å². The van der Waals surface area contributed by atoms with Gasteiger partial charge in [-0.3, -0.25) is 23.0 Å². The number of nitrogen functional groups attached to an aromatic ring is 1. The average Bonchev–Trinajstić information content (AvgIpc) is 1.61. The van der Waals surface area contributed by atoms with Crippen LogP contribution in [-0.2, 0) is 67.4 Å². The molecule has 5 unspecified atom stereocenters. The molecule has 0 spiro atoms. The number of likely N-dealkylation sites (N-methyl/N-ethyl adjacent to an activating group) is 1. The van der Waals surface area contributed by atoms with Crippen molar-refractivity contribution in [2.45, 2.75) is 106 Å². The molecule has 0 saturated carbocycles. The number of ether oxygens (including phenoxy) is 2. The first-order chi connectivity index (χ1) is 42.6. The summed E-state index contributed by atoms with van der Waals surface area (Å²) in [6.07, 6.45) is 8.76. The Bertz CT molecular complexity index is 4500. The number of fused-ring (bicyclic) bond motifs is 4. The van der Waals surface area contributed by atoms with Gasteiger partial charge in [0.15, 0.2) is 16.9 Å². The second kappa shape index (κ2) is 26.4. The van der Waals surface area contributed by atoms with Gasteiger partial charge in [0, 0.05) is 65.9 Å².